The van der Waals surface area contributed by atoms with Gasteiger partial charge in [0.05, 0.1) is 0 Å². The summed E-state index contributed by atoms with van der Waals surface area (Å²) in [6.07, 6.45) is 0. The van der Waals surface area contributed by atoms with E-state index in [4.69, 9.17) is 0 Å². The van der Waals surface area contributed by atoms with Crippen molar-refractivity contribution in [3.05, 3.63) is 72.3 Å². The van der Waals surface area contributed by atoms with E-state index in [0.717, 1.165) is 16.9 Å². The number of nitrogens with one attached hydrogen (secondary N) is 1. The molecule has 0 aliphatic carbocycles. The highest BCUT2D eigenvalue weighted by Crippen LogP contribution is 2.26. The summed E-state index contributed by atoms with van der Waals surface area (Å²) in [6, 6.07) is 22.0. The first-order chi connectivity index (χ1) is 9.74. The van der Waals surface area contributed by atoms with E-state index in [2.05, 4.69) is 29.6 Å². The molecule has 0 atom stereocenters. The third-order valence-corrected chi connectivity index (χ3v) is 3.36. The van der Waals surface area contributed by atoms with Gasteiger partial charge in [0, 0.05) is 22.3 Å². The third kappa shape index (κ3) is 2.41. The molecular weight excluding hydrogens is 246 g/mol. The van der Waals surface area contributed by atoms with Gasteiger partial charge in [-0.1, -0.05) is 36.4 Å². The molecule has 0 aromatic heterocycles. The molecule has 0 saturated heterocycles. The second kappa shape index (κ2) is 5.17. The Balaban J connectivity index is 1.95. The van der Waals surface area contributed by atoms with Crippen LogP contribution in [0.4, 0.5) is 11.4 Å². The molecule has 3 rings (SSSR count). The maximum absolute atomic E-state index is 11.3. The number of benzene rings is 3. The highest BCUT2D eigenvalue weighted by atomic mass is 16.1. The van der Waals surface area contributed by atoms with E-state index in [1.807, 2.05) is 42.5 Å². The second-order valence-corrected chi connectivity index (χ2v) is 4.79. The van der Waals surface area contributed by atoms with Crippen LogP contribution in [0.3, 0.4) is 0 Å². The zero-order valence-electron chi connectivity index (χ0n) is 11.3. The van der Waals surface area contributed by atoms with Gasteiger partial charge in [-0.15, -0.1) is 0 Å². The van der Waals surface area contributed by atoms with Gasteiger partial charge in [0.1, 0.15) is 0 Å². The topological polar surface area (TPSA) is 29.1 Å². The number of anilines is 2. The number of ketones is 1. The molecular formula is C18H15NO. The van der Waals surface area contributed by atoms with Crippen molar-refractivity contribution >= 4 is 27.9 Å². The average molecular weight is 261 g/mol. The lowest BCUT2D eigenvalue weighted by Crippen LogP contribution is -1.94. The lowest BCUT2D eigenvalue weighted by Gasteiger charge is -2.10. The van der Waals surface area contributed by atoms with Gasteiger partial charge in [0.2, 0.25) is 0 Å². The molecule has 1 N–H and O–H groups in total. The molecule has 0 aliphatic rings. The molecule has 0 heterocycles. The fourth-order valence-corrected chi connectivity index (χ4v) is 2.28. The Labute approximate surface area is 118 Å². The molecule has 0 radical (unpaired) electrons. The zero-order chi connectivity index (χ0) is 13.9. The summed E-state index contributed by atoms with van der Waals surface area (Å²) in [5, 5.41) is 5.79. The van der Waals surface area contributed by atoms with Crippen LogP contribution in [-0.4, -0.2) is 5.78 Å². The fourth-order valence-electron chi connectivity index (χ4n) is 2.28. The maximum atomic E-state index is 11.3. The van der Waals surface area contributed by atoms with E-state index in [1.54, 1.807) is 6.92 Å². The van der Waals surface area contributed by atoms with E-state index in [1.165, 1.54) is 10.8 Å². The molecule has 3 aromatic carbocycles. The number of hydrogen-bond donors (Lipinski definition) is 1. The first-order valence-corrected chi connectivity index (χ1v) is 6.60. The third-order valence-electron chi connectivity index (χ3n) is 3.36. The molecule has 0 amide bonds. The smallest absolute Gasteiger partial charge is 0.159 e. The molecule has 2 nitrogen and oxygen atoms in total. The summed E-state index contributed by atoms with van der Waals surface area (Å²) in [6.45, 7) is 1.58. The fraction of sp³-hybridized carbons (Fsp3) is 0.0556. The van der Waals surface area contributed by atoms with E-state index < -0.39 is 0 Å². The SMILES string of the molecule is CC(=O)c1ccc(Nc2cccc3ccccc23)cc1. The van der Waals surface area contributed by atoms with E-state index >= 15 is 0 Å². The first kappa shape index (κ1) is 12.4. The Kier molecular flexibility index (Phi) is 3.21. The number of rotatable bonds is 3. The van der Waals surface area contributed by atoms with E-state index in [-0.39, 0.29) is 5.78 Å². The van der Waals surface area contributed by atoms with Crippen LogP contribution in [0, 0.1) is 0 Å². The van der Waals surface area contributed by atoms with Crippen molar-refractivity contribution in [2.75, 3.05) is 5.32 Å². The minimum absolute atomic E-state index is 0.0849. The number of fused-ring (bicyclic) bond motifs is 1. The second-order valence-electron chi connectivity index (χ2n) is 4.79. The van der Waals surface area contributed by atoms with Gasteiger partial charge in [-0.3, -0.25) is 4.79 Å². The quantitative estimate of drug-likeness (QED) is 0.687. The summed E-state index contributed by atoms with van der Waals surface area (Å²) in [5.41, 5.74) is 2.78. The van der Waals surface area contributed by atoms with Crippen LogP contribution >= 0.6 is 0 Å². The molecule has 98 valence electrons. The molecule has 0 aliphatic heterocycles. The minimum atomic E-state index is 0.0849. The molecule has 3 aromatic rings. The summed E-state index contributed by atoms with van der Waals surface area (Å²) >= 11 is 0. The maximum Gasteiger partial charge on any atom is 0.159 e. The van der Waals surface area contributed by atoms with Crippen LogP contribution in [-0.2, 0) is 0 Å². The van der Waals surface area contributed by atoms with Crippen LogP contribution in [0.2, 0.25) is 0 Å². The lowest BCUT2D eigenvalue weighted by atomic mass is 10.1. The highest BCUT2D eigenvalue weighted by Gasteiger charge is 2.02. The molecule has 0 fully saturated rings. The van der Waals surface area contributed by atoms with Crippen molar-refractivity contribution in [1.82, 2.24) is 0 Å². The molecule has 0 saturated carbocycles. The standard InChI is InChI=1S/C18H15NO/c1-13(20)14-9-11-16(12-10-14)19-18-8-4-6-15-5-2-3-7-17(15)18/h2-12,19H,1H3. The van der Waals surface area contributed by atoms with Crippen LogP contribution in [0.15, 0.2) is 66.7 Å². The first-order valence-electron chi connectivity index (χ1n) is 6.60. The Bertz CT molecular complexity index is 754. The van der Waals surface area contributed by atoms with Crippen molar-refractivity contribution in [3.63, 3.8) is 0 Å². The highest BCUT2D eigenvalue weighted by molar-refractivity contribution is 5.96. The van der Waals surface area contributed by atoms with Crippen LogP contribution in [0.5, 0.6) is 0 Å². The molecule has 0 unspecified atom stereocenters. The monoisotopic (exact) mass is 261 g/mol. The predicted octanol–water partition coefficient (Wildman–Crippen LogP) is 4.79. The van der Waals surface area contributed by atoms with Gasteiger partial charge in [-0.2, -0.15) is 0 Å². The summed E-state index contributed by atoms with van der Waals surface area (Å²) in [7, 11) is 0. The van der Waals surface area contributed by atoms with Gasteiger partial charge in [-0.25, -0.2) is 0 Å². The summed E-state index contributed by atoms with van der Waals surface area (Å²) < 4.78 is 0. The van der Waals surface area contributed by atoms with Crippen LogP contribution in [0.1, 0.15) is 17.3 Å². The predicted molar refractivity (Wildman–Crippen MR) is 83.7 cm³/mol. The Hall–Kier alpha value is -2.61. The number of carbonyl (C=O) groups excluding carboxylic acids is 1. The lowest BCUT2D eigenvalue weighted by molar-refractivity contribution is 0.101. The van der Waals surface area contributed by atoms with Crippen molar-refractivity contribution in [2.45, 2.75) is 6.92 Å². The van der Waals surface area contributed by atoms with E-state index in [9.17, 15) is 4.79 Å². The van der Waals surface area contributed by atoms with Crippen LogP contribution < -0.4 is 5.32 Å². The average Bonchev–Trinajstić information content (AvgIpc) is 2.48. The van der Waals surface area contributed by atoms with Gasteiger partial charge < -0.3 is 5.32 Å². The van der Waals surface area contributed by atoms with Gasteiger partial charge in [0.25, 0.3) is 0 Å². The van der Waals surface area contributed by atoms with Gasteiger partial charge >= 0.3 is 0 Å². The van der Waals surface area contributed by atoms with Gasteiger partial charge in [-0.05, 0) is 42.6 Å². The Morgan fingerprint density at radius 1 is 0.850 bits per heavy atom. The van der Waals surface area contributed by atoms with Crippen LogP contribution in [0.25, 0.3) is 10.8 Å². The van der Waals surface area contributed by atoms with E-state index in [0.29, 0.717) is 0 Å². The molecule has 0 spiro atoms. The van der Waals surface area contributed by atoms with Crippen molar-refractivity contribution in [2.24, 2.45) is 0 Å². The number of Topliss-reactive ketones (excluding diaryl/α,β-unsaturated/α-hetero) is 1. The normalized spacial score (nSPS) is 10.4. The summed E-state index contributed by atoms with van der Waals surface area (Å²) in [4.78, 5) is 11.3. The largest absolute Gasteiger partial charge is 0.355 e. The zero-order valence-corrected chi connectivity index (χ0v) is 11.3. The number of carbonyl (C=O) groups is 1. The van der Waals surface area contributed by atoms with Crippen molar-refractivity contribution in [3.8, 4) is 0 Å². The van der Waals surface area contributed by atoms with Gasteiger partial charge in [0.15, 0.2) is 5.78 Å². The number of hydrogen-bond acceptors (Lipinski definition) is 2. The Morgan fingerprint density at radius 2 is 1.55 bits per heavy atom. The summed E-state index contributed by atoms with van der Waals surface area (Å²) in [5.74, 6) is 0.0849. The minimum Gasteiger partial charge on any atom is -0.355 e. The molecule has 2 heteroatoms. The molecule has 0 bridgehead atoms. The Morgan fingerprint density at radius 3 is 2.30 bits per heavy atom. The van der Waals surface area contributed by atoms with Crippen molar-refractivity contribution in [1.29, 1.82) is 0 Å². The molecule has 20 heavy (non-hydrogen) atoms. The van der Waals surface area contributed by atoms with Crippen molar-refractivity contribution < 1.29 is 4.79 Å².